The van der Waals surface area contributed by atoms with Gasteiger partial charge in [0, 0.05) is 18.5 Å². The van der Waals surface area contributed by atoms with Crippen LogP contribution in [0.2, 0.25) is 0 Å². The van der Waals surface area contributed by atoms with Crippen molar-refractivity contribution in [2.45, 2.75) is 12.8 Å². The van der Waals surface area contributed by atoms with E-state index in [0.29, 0.717) is 5.56 Å². The number of benzene rings is 1. The molecular weight excluding hydrogens is 376 g/mol. The first-order chi connectivity index (χ1) is 12.3. The van der Waals surface area contributed by atoms with Crippen molar-refractivity contribution in [1.29, 1.82) is 0 Å². The molecule has 13 heteroatoms. The van der Waals surface area contributed by atoms with E-state index in [0.717, 1.165) is 0 Å². The predicted molar refractivity (Wildman–Crippen MR) is 84.3 cm³/mol. The Morgan fingerprint density at radius 3 is 2.85 bits per heavy atom. The second kappa shape index (κ2) is 8.64. The van der Waals surface area contributed by atoms with E-state index in [1.54, 1.807) is 6.07 Å². The van der Waals surface area contributed by atoms with Crippen LogP contribution in [0.25, 0.3) is 0 Å². The van der Waals surface area contributed by atoms with Gasteiger partial charge in [-0.1, -0.05) is 23.4 Å². The maximum absolute atomic E-state index is 12.8. The van der Waals surface area contributed by atoms with Gasteiger partial charge in [-0.25, -0.2) is 18.5 Å². The van der Waals surface area contributed by atoms with Gasteiger partial charge in [0.1, 0.15) is 12.3 Å². The SMILES string of the molecule is NS(=O)(=O)NCCOc1nonc1C(Cc1cccc(C(F)F)c1)=NO. The summed E-state index contributed by atoms with van der Waals surface area (Å²) in [5.74, 6) is -0.154. The summed E-state index contributed by atoms with van der Waals surface area (Å²) in [7, 11) is -3.86. The van der Waals surface area contributed by atoms with Crippen LogP contribution >= 0.6 is 0 Å². The van der Waals surface area contributed by atoms with E-state index >= 15 is 0 Å². The van der Waals surface area contributed by atoms with Gasteiger partial charge >= 0.3 is 0 Å². The zero-order valence-electron chi connectivity index (χ0n) is 13.2. The number of nitrogens with zero attached hydrogens (tertiary/aromatic N) is 3. The molecule has 0 fully saturated rings. The Morgan fingerprint density at radius 2 is 2.19 bits per heavy atom. The van der Waals surface area contributed by atoms with Crippen molar-refractivity contribution in [3.05, 3.63) is 41.1 Å². The molecule has 0 radical (unpaired) electrons. The van der Waals surface area contributed by atoms with E-state index in [9.17, 15) is 22.4 Å². The average Bonchev–Trinajstić information content (AvgIpc) is 3.04. The summed E-state index contributed by atoms with van der Waals surface area (Å²) in [6.07, 6.45) is -2.68. The predicted octanol–water partition coefficient (Wildman–Crippen LogP) is 0.600. The molecule has 0 aliphatic carbocycles. The Bertz CT molecular complexity index is 871. The van der Waals surface area contributed by atoms with Gasteiger partial charge in [0.15, 0.2) is 5.69 Å². The Balaban J connectivity index is 2.07. The lowest BCUT2D eigenvalue weighted by atomic mass is 10.0. The first kappa shape index (κ1) is 19.7. The molecule has 142 valence electrons. The Hall–Kier alpha value is -2.64. The third kappa shape index (κ3) is 5.72. The van der Waals surface area contributed by atoms with Crippen LogP contribution in [0, 0.1) is 0 Å². The van der Waals surface area contributed by atoms with E-state index in [1.165, 1.54) is 18.2 Å². The van der Waals surface area contributed by atoms with Crippen LogP contribution in [0.3, 0.4) is 0 Å². The lowest BCUT2D eigenvalue weighted by molar-refractivity contribution is 0.151. The molecule has 1 aromatic carbocycles. The second-order valence-corrected chi connectivity index (χ2v) is 6.35. The zero-order valence-corrected chi connectivity index (χ0v) is 14.0. The molecule has 26 heavy (non-hydrogen) atoms. The molecule has 2 rings (SSSR count). The van der Waals surface area contributed by atoms with Gasteiger partial charge in [0.05, 0.1) is 0 Å². The molecule has 0 aliphatic heterocycles. The van der Waals surface area contributed by atoms with E-state index in [-0.39, 0.29) is 42.4 Å². The highest BCUT2D eigenvalue weighted by Gasteiger charge is 2.20. The van der Waals surface area contributed by atoms with Crippen molar-refractivity contribution >= 4 is 15.9 Å². The normalized spacial score (nSPS) is 12.5. The van der Waals surface area contributed by atoms with Crippen LogP contribution in [-0.4, -0.2) is 42.8 Å². The molecule has 0 bridgehead atoms. The number of rotatable bonds is 9. The number of nitrogens with two attached hydrogens (primary N) is 1. The van der Waals surface area contributed by atoms with Crippen LogP contribution in [0.4, 0.5) is 8.78 Å². The fourth-order valence-electron chi connectivity index (χ4n) is 1.98. The van der Waals surface area contributed by atoms with E-state index < -0.39 is 16.6 Å². The highest BCUT2D eigenvalue weighted by molar-refractivity contribution is 7.87. The maximum atomic E-state index is 12.8. The summed E-state index contributed by atoms with van der Waals surface area (Å²) >= 11 is 0. The van der Waals surface area contributed by atoms with E-state index in [1.807, 2.05) is 4.72 Å². The van der Waals surface area contributed by atoms with Crippen molar-refractivity contribution in [2.24, 2.45) is 10.3 Å². The lowest BCUT2D eigenvalue weighted by Gasteiger charge is -2.07. The summed E-state index contributed by atoms with van der Waals surface area (Å²) in [5, 5.41) is 24.1. The number of halogens is 2. The Morgan fingerprint density at radius 1 is 1.42 bits per heavy atom. The molecule has 0 atom stereocenters. The fraction of sp³-hybridized carbons (Fsp3) is 0.308. The molecule has 10 nitrogen and oxygen atoms in total. The third-order valence-corrected chi connectivity index (χ3v) is 3.68. The van der Waals surface area contributed by atoms with Gasteiger partial charge in [-0.2, -0.15) is 13.1 Å². The Kier molecular flexibility index (Phi) is 6.54. The summed E-state index contributed by atoms with van der Waals surface area (Å²) in [4.78, 5) is 0. The summed E-state index contributed by atoms with van der Waals surface area (Å²) in [6.45, 7) is -0.301. The Labute approximate surface area is 146 Å². The third-order valence-electron chi connectivity index (χ3n) is 3.07. The van der Waals surface area contributed by atoms with Crippen LogP contribution in [0.5, 0.6) is 5.88 Å². The van der Waals surface area contributed by atoms with Crippen molar-refractivity contribution < 1.29 is 31.8 Å². The summed E-state index contributed by atoms with van der Waals surface area (Å²) in [5.41, 5.74) is 0.182. The molecule has 1 heterocycles. The van der Waals surface area contributed by atoms with Crippen molar-refractivity contribution in [2.75, 3.05) is 13.2 Å². The van der Waals surface area contributed by atoms with Crippen LogP contribution in [-0.2, 0) is 16.6 Å². The standard InChI is InChI=1S/C13H15F2N5O5S/c14-12(15)9-3-1-2-8(6-9)7-10(18-21)11-13(20-25-19-11)24-5-4-17-26(16,22)23/h1-3,6,12,17,21H,4-5,7H2,(H2,16,22,23). The molecule has 0 amide bonds. The van der Waals surface area contributed by atoms with Gasteiger partial charge in [0.25, 0.3) is 22.5 Å². The fourth-order valence-corrected chi connectivity index (χ4v) is 2.35. The number of aromatic nitrogens is 2. The number of hydrogen-bond donors (Lipinski definition) is 3. The molecule has 0 aliphatic rings. The van der Waals surface area contributed by atoms with Crippen LogP contribution in [0.1, 0.15) is 23.2 Å². The summed E-state index contributed by atoms with van der Waals surface area (Å²) < 4.78 is 58.8. The van der Waals surface area contributed by atoms with Gasteiger partial charge < -0.3 is 9.94 Å². The lowest BCUT2D eigenvalue weighted by Crippen LogP contribution is -2.34. The molecule has 1 aromatic heterocycles. The first-order valence-corrected chi connectivity index (χ1v) is 8.66. The highest BCUT2D eigenvalue weighted by atomic mass is 32.2. The van der Waals surface area contributed by atoms with Crippen molar-refractivity contribution in [1.82, 2.24) is 15.0 Å². The number of alkyl halides is 2. The van der Waals surface area contributed by atoms with Gasteiger partial charge in [-0.15, -0.1) is 0 Å². The highest BCUT2D eigenvalue weighted by Crippen LogP contribution is 2.21. The first-order valence-electron chi connectivity index (χ1n) is 7.11. The monoisotopic (exact) mass is 391 g/mol. The van der Waals surface area contributed by atoms with Gasteiger partial charge in [-0.05, 0) is 21.9 Å². The minimum Gasteiger partial charge on any atom is -0.472 e. The molecule has 2 aromatic rings. The number of ether oxygens (including phenoxy) is 1. The molecular formula is C13H15F2N5O5S. The molecule has 0 spiro atoms. The average molecular weight is 391 g/mol. The smallest absolute Gasteiger partial charge is 0.285 e. The largest absolute Gasteiger partial charge is 0.472 e. The van der Waals surface area contributed by atoms with E-state index in [4.69, 9.17) is 9.88 Å². The number of oxime groups is 1. The second-order valence-electron chi connectivity index (χ2n) is 4.97. The zero-order chi connectivity index (χ0) is 19.2. The molecule has 0 unspecified atom stereocenters. The number of hydrogen-bond acceptors (Lipinski definition) is 8. The van der Waals surface area contributed by atoms with Crippen molar-refractivity contribution in [3.8, 4) is 5.88 Å². The molecule has 4 N–H and O–H groups in total. The van der Waals surface area contributed by atoms with Crippen LogP contribution < -0.4 is 14.6 Å². The van der Waals surface area contributed by atoms with Gasteiger partial charge in [0.2, 0.25) is 0 Å². The topological polar surface area (TPSA) is 153 Å². The summed E-state index contributed by atoms with van der Waals surface area (Å²) in [6, 6.07) is 5.55. The molecule has 0 saturated heterocycles. The minimum absolute atomic E-state index is 0.0351. The quantitative estimate of drug-likeness (QED) is 0.245. The maximum Gasteiger partial charge on any atom is 0.285 e. The van der Waals surface area contributed by atoms with E-state index in [2.05, 4.69) is 20.1 Å². The number of nitrogens with one attached hydrogen (secondary N) is 1. The molecule has 0 saturated carbocycles. The van der Waals surface area contributed by atoms with Gasteiger partial charge in [-0.3, -0.25) is 0 Å². The minimum atomic E-state index is -3.86. The van der Waals surface area contributed by atoms with Crippen LogP contribution in [0.15, 0.2) is 34.1 Å². The van der Waals surface area contributed by atoms with Crippen molar-refractivity contribution in [3.63, 3.8) is 0 Å².